The molecule has 130 valence electrons. The normalized spacial score (nSPS) is 12.1. The van der Waals surface area contributed by atoms with Gasteiger partial charge < -0.3 is 14.4 Å². The van der Waals surface area contributed by atoms with E-state index in [-0.39, 0.29) is 18.4 Å². The number of nitro benzene ring substituents is 1. The Labute approximate surface area is 144 Å². The molecule has 0 fully saturated rings. The van der Waals surface area contributed by atoms with E-state index in [1.807, 2.05) is 25.1 Å². The molecule has 1 aliphatic rings. The van der Waals surface area contributed by atoms with Gasteiger partial charge in [-0.3, -0.25) is 14.9 Å². The van der Waals surface area contributed by atoms with E-state index in [9.17, 15) is 14.9 Å². The minimum absolute atomic E-state index is 0.0509. The number of carbonyl (C=O) groups excluding carboxylic acids is 1. The Morgan fingerprint density at radius 1 is 1.24 bits per heavy atom. The number of ether oxygens (including phenoxy) is 2. The molecular weight excluding hydrogens is 324 g/mol. The first-order chi connectivity index (χ1) is 12.0. The third-order valence-corrected chi connectivity index (χ3v) is 4.21. The standard InChI is InChI=1S/C18H18N2O5/c1-3-19(10-13-7-8-16-17(9-13)25-11-24-16)18(21)14-5-4-6-15(12(14)2)20(22)23/h4-9H,3,10-11H2,1-2H3. The average Bonchev–Trinajstić information content (AvgIpc) is 3.06. The monoisotopic (exact) mass is 342 g/mol. The van der Waals surface area contributed by atoms with E-state index in [2.05, 4.69) is 0 Å². The van der Waals surface area contributed by atoms with Crippen molar-refractivity contribution in [2.24, 2.45) is 0 Å². The summed E-state index contributed by atoms with van der Waals surface area (Å²) >= 11 is 0. The Morgan fingerprint density at radius 2 is 2.00 bits per heavy atom. The van der Waals surface area contributed by atoms with Crippen molar-refractivity contribution in [3.05, 3.63) is 63.2 Å². The molecule has 0 N–H and O–H groups in total. The van der Waals surface area contributed by atoms with Crippen LogP contribution in [0.2, 0.25) is 0 Å². The van der Waals surface area contributed by atoms with E-state index in [0.717, 1.165) is 5.56 Å². The summed E-state index contributed by atoms with van der Waals surface area (Å²) < 4.78 is 10.6. The predicted octanol–water partition coefficient (Wildman–Crippen LogP) is 3.29. The SMILES string of the molecule is CCN(Cc1ccc2c(c1)OCO2)C(=O)c1cccc([N+](=O)[O-])c1C. The van der Waals surface area contributed by atoms with Crippen LogP contribution in [0.25, 0.3) is 0 Å². The van der Waals surface area contributed by atoms with Gasteiger partial charge in [-0.05, 0) is 37.6 Å². The summed E-state index contributed by atoms with van der Waals surface area (Å²) in [5.74, 6) is 1.11. The fraction of sp³-hybridized carbons (Fsp3) is 0.278. The van der Waals surface area contributed by atoms with Gasteiger partial charge in [-0.1, -0.05) is 12.1 Å². The zero-order valence-corrected chi connectivity index (χ0v) is 14.0. The van der Waals surface area contributed by atoms with Crippen LogP contribution >= 0.6 is 0 Å². The molecule has 2 aromatic carbocycles. The van der Waals surface area contributed by atoms with Crippen LogP contribution in [0, 0.1) is 17.0 Å². The van der Waals surface area contributed by atoms with Crippen LogP contribution in [0.15, 0.2) is 36.4 Å². The number of benzene rings is 2. The maximum atomic E-state index is 12.9. The molecule has 0 spiro atoms. The molecule has 0 aliphatic carbocycles. The van der Waals surface area contributed by atoms with Gasteiger partial charge in [0.05, 0.1) is 4.92 Å². The van der Waals surface area contributed by atoms with Crippen molar-refractivity contribution in [2.75, 3.05) is 13.3 Å². The van der Waals surface area contributed by atoms with Crippen LogP contribution in [0.5, 0.6) is 11.5 Å². The number of nitrogens with zero attached hydrogens (tertiary/aromatic N) is 2. The topological polar surface area (TPSA) is 81.9 Å². The molecule has 2 aromatic rings. The summed E-state index contributed by atoms with van der Waals surface area (Å²) in [6.45, 7) is 4.53. The lowest BCUT2D eigenvalue weighted by Crippen LogP contribution is -2.31. The van der Waals surface area contributed by atoms with Gasteiger partial charge in [-0.15, -0.1) is 0 Å². The third kappa shape index (κ3) is 3.26. The highest BCUT2D eigenvalue weighted by molar-refractivity contribution is 5.96. The van der Waals surface area contributed by atoms with E-state index < -0.39 is 4.92 Å². The molecule has 0 saturated carbocycles. The highest BCUT2D eigenvalue weighted by atomic mass is 16.7. The Bertz CT molecular complexity index is 834. The third-order valence-electron chi connectivity index (χ3n) is 4.21. The molecule has 7 nitrogen and oxygen atoms in total. The van der Waals surface area contributed by atoms with Crippen LogP contribution in [0.1, 0.15) is 28.4 Å². The van der Waals surface area contributed by atoms with Crippen LogP contribution in [-0.2, 0) is 6.54 Å². The highest BCUT2D eigenvalue weighted by Gasteiger charge is 2.22. The van der Waals surface area contributed by atoms with Crippen molar-refractivity contribution in [1.29, 1.82) is 0 Å². The Hall–Kier alpha value is -3.09. The van der Waals surface area contributed by atoms with Gasteiger partial charge in [0, 0.05) is 30.3 Å². The Morgan fingerprint density at radius 3 is 2.72 bits per heavy atom. The largest absolute Gasteiger partial charge is 0.454 e. The first-order valence-electron chi connectivity index (χ1n) is 7.93. The van der Waals surface area contributed by atoms with Crippen molar-refractivity contribution in [1.82, 2.24) is 4.90 Å². The van der Waals surface area contributed by atoms with Gasteiger partial charge in [0.25, 0.3) is 11.6 Å². The minimum atomic E-state index is -0.472. The molecule has 1 amide bonds. The summed E-state index contributed by atoms with van der Waals surface area (Å²) in [5.41, 5.74) is 1.57. The van der Waals surface area contributed by atoms with E-state index >= 15 is 0 Å². The number of hydrogen-bond donors (Lipinski definition) is 0. The number of fused-ring (bicyclic) bond motifs is 1. The molecule has 0 radical (unpaired) electrons. The second-order valence-electron chi connectivity index (χ2n) is 5.71. The molecule has 3 rings (SSSR count). The number of rotatable bonds is 5. The van der Waals surface area contributed by atoms with E-state index in [0.29, 0.717) is 35.7 Å². The van der Waals surface area contributed by atoms with Gasteiger partial charge in [0.2, 0.25) is 6.79 Å². The molecule has 0 unspecified atom stereocenters. The molecule has 0 aromatic heterocycles. The zero-order chi connectivity index (χ0) is 18.0. The van der Waals surface area contributed by atoms with E-state index in [1.54, 1.807) is 17.9 Å². The number of amides is 1. The summed E-state index contributed by atoms with van der Waals surface area (Å²) in [7, 11) is 0. The van der Waals surface area contributed by atoms with E-state index in [4.69, 9.17) is 9.47 Å². The van der Waals surface area contributed by atoms with Gasteiger partial charge in [-0.2, -0.15) is 0 Å². The summed E-state index contributed by atoms with van der Waals surface area (Å²) in [4.78, 5) is 25.1. The van der Waals surface area contributed by atoms with Crippen molar-refractivity contribution in [2.45, 2.75) is 20.4 Å². The molecule has 0 bridgehead atoms. The number of carbonyl (C=O) groups is 1. The van der Waals surface area contributed by atoms with Crippen LogP contribution < -0.4 is 9.47 Å². The van der Waals surface area contributed by atoms with Crippen LogP contribution in [0.4, 0.5) is 5.69 Å². The first kappa shape index (κ1) is 16.8. The van der Waals surface area contributed by atoms with Gasteiger partial charge in [0.15, 0.2) is 11.5 Å². The number of nitro groups is 1. The average molecular weight is 342 g/mol. The lowest BCUT2D eigenvalue weighted by atomic mass is 10.0. The van der Waals surface area contributed by atoms with Crippen LogP contribution in [-0.4, -0.2) is 29.1 Å². The van der Waals surface area contributed by atoms with Crippen LogP contribution in [0.3, 0.4) is 0 Å². The van der Waals surface area contributed by atoms with Crippen molar-refractivity contribution in [3.63, 3.8) is 0 Å². The molecule has 25 heavy (non-hydrogen) atoms. The molecule has 1 aliphatic heterocycles. The molecule has 1 heterocycles. The van der Waals surface area contributed by atoms with Crippen molar-refractivity contribution in [3.8, 4) is 11.5 Å². The fourth-order valence-corrected chi connectivity index (χ4v) is 2.81. The summed E-state index contributed by atoms with van der Waals surface area (Å²) in [6.07, 6.45) is 0. The van der Waals surface area contributed by atoms with Gasteiger partial charge in [0.1, 0.15) is 0 Å². The summed E-state index contributed by atoms with van der Waals surface area (Å²) in [6, 6.07) is 10.1. The second kappa shape index (κ2) is 6.80. The van der Waals surface area contributed by atoms with Gasteiger partial charge >= 0.3 is 0 Å². The maximum Gasteiger partial charge on any atom is 0.273 e. The Kier molecular flexibility index (Phi) is 4.56. The quantitative estimate of drug-likeness (QED) is 0.615. The molecule has 0 atom stereocenters. The van der Waals surface area contributed by atoms with Crippen molar-refractivity contribution < 1.29 is 19.2 Å². The molecule has 7 heteroatoms. The Balaban J connectivity index is 1.85. The smallest absolute Gasteiger partial charge is 0.273 e. The van der Waals surface area contributed by atoms with Gasteiger partial charge in [-0.25, -0.2) is 0 Å². The number of hydrogen-bond acceptors (Lipinski definition) is 5. The van der Waals surface area contributed by atoms with Crippen molar-refractivity contribution >= 4 is 11.6 Å². The second-order valence-corrected chi connectivity index (χ2v) is 5.71. The van der Waals surface area contributed by atoms with E-state index in [1.165, 1.54) is 12.1 Å². The molecule has 0 saturated heterocycles. The lowest BCUT2D eigenvalue weighted by Gasteiger charge is -2.22. The first-order valence-corrected chi connectivity index (χ1v) is 7.93. The minimum Gasteiger partial charge on any atom is -0.454 e. The summed E-state index contributed by atoms with van der Waals surface area (Å²) in [5, 5.41) is 11.1. The predicted molar refractivity (Wildman–Crippen MR) is 90.8 cm³/mol. The maximum absolute atomic E-state index is 12.9. The molecular formula is C18H18N2O5. The zero-order valence-electron chi connectivity index (χ0n) is 14.0. The lowest BCUT2D eigenvalue weighted by molar-refractivity contribution is -0.385. The fourth-order valence-electron chi connectivity index (χ4n) is 2.81. The highest BCUT2D eigenvalue weighted by Crippen LogP contribution is 2.33.